The van der Waals surface area contributed by atoms with Gasteiger partial charge in [0, 0.05) is 13.0 Å². The lowest BCUT2D eigenvalue weighted by Gasteiger charge is -2.40. The minimum absolute atomic E-state index is 0.145. The van der Waals surface area contributed by atoms with Gasteiger partial charge in [0.05, 0.1) is 0 Å². The lowest BCUT2D eigenvalue weighted by molar-refractivity contribution is -0.124. The molecule has 3 N–H and O–H groups in total. The van der Waals surface area contributed by atoms with Gasteiger partial charge >= 0.3 is 0 Å². The second kappa shape index (κ2) is 6.10. The summed E-state index contributed by atoms with van der Waals surface area (Å²) in [7, 11) is 0. The highest BCUT2D eigenvalue weighted by atomic mass is 32.2. The van der Waals surface area contributed by atoms with Crippen LogP contribution >= 0.6 is 11.8 Å². The highest BCUT2D eigenvalue weighted by Gasteiger charge is 2.37. The number of nitrogens with one attached hydrogen (secondary N) is 1. The number of hydrogen-bond donors (Lipinski definition) is 2. The van der Waals surface area contributed by atoms with E-state index in [-0.39, 0.29) is 11.3 Å². The van der Waals surface area contributed by atoms with Gasteiger partial charge in [0.1, 0.15) is 0 Å². The van der Waals surface area contributed by atoms with Gasteiger partial charge in [-0.15, -0.1) is 0 Å². The van der Waals surface area contributed by atoms with Gasteiger partial charge in [0.2, 0.25) is 5.91 Å². The summed E-state index contributed by atoms with van der Waals surface area (Å²) in [5.74, 6) is 3.43. The quantitative estimate of drug-likeness (QED) is 0.788. The molecule has 1 saturated carbocycles. The van der Waals surface area contributed by atoms with Gasteiger partial charge in [0.15, 0.2) is 0 Å². The van der Waals surface area contributed by atoms with Gasteiger partial charge in [-0.25, -0.2) is 0 Å². The van der Waals surface area contributed by atoms with Crippen LogP contribution in [0.2, 0.25) is 0 Å². The Balaban J connectivity index is 1.66. The largest absolute Gasteiger partial charge is 0.356 e. The molecule has 0 atom stereocenters. The van der Waals surface area contributed by atoms with E-state index in [1.165, 1.54) is 30.8 Å². The van der Waals surface area contributed by atoms with Gasteiger partial charge < -0.3 is 11.1 Å². The van der Waals surface area contributed by atoms with E-state index in [1.54, 1.807) is 0 Å². The monoisotopic (exact) mass is 256 g/mol. The Morgan fingerprint density at radius 2 is 2.06 bits per heavy atom. The van der Waals surface area contributed by atoms with E-state index < -0.39 is 0 Å². The Bertz CT molecular complexity index is 255. The zero-order valence-corrected chi connectivity index (χ0v) is 11.4. The molecule has 2 fully saturated rings. The van der Waals surface area contributed by atoms with Crippen molar-refractivity contribution in [3.05, 3.63) is 0 Å². The predicted molar refractivity (Wildman–Crippen MR) is 73.0 cm³/mol. The van der Waals surface area contributed by atoms with Crippen LogP contribution in [0.4, 0.5) is 0 Å². The minimum Gasteiger partial charge on any atom is -0.356 e. The molecule has 0 aromatic rings. The lowest BCUT2D eigenvalue weighted by atomic mass is 9.66. The zero-order chi connectivity index (χ0) is 12.1. The van der Waals surface area contributed by atoms with E-state index in [0.29, 0.717) is 18.9 Å². The van der Waals surface area contributed by atoms with Crippen LogP contribution < -0.4 is 11.1 Å². The average molecular weight is 256 g/mol. The molecular weight excluding hydrogens is 232 g/mol. The highest BCUT2D eigenvalue weighted by molar-refractivity contribution is 7.99. The smallest absolute Gasteiger partial charge is 0.220 e. The molecule has 2 rings (SSSR count). The van der Waals surface area contributed by atoms with Crippen molar-refractivity contribution in [2.75, 3.05) is 24.6 Å². The molecule has 1 heterocycles. The zero-order valence-electron chi connectivity index (χ0n) is 10.5. The molecule has 4 heteroatoms. The van der Waals surface area contributed by atoms with Crippen LogP contribution in [0, 0.1) is 11.3 Å². The van der Waals surface area contributed by atoms with E-state index in [2.05, 4.69) is 5.32 Å². The summed E-state index contributed by atoms with van der Waals surface area (Å²) in [6.07, 6.45) is 6.67. The fraction of sp³-hybridized carbons (Fsp3) is 0.923. The van der Waals surface area contributed by atoms with Gasteiger partial charge in [-0.1, -0.05) is 6.42 Å². The standard InChI is InChI=1S/C13H24N2OS/c14-10-13(4-1-5-13)8-12(16)15-9-11-2-6-17-7-3-11/h11H,1-10,14H2,(H,15,16). The highest BCUT2D eigenvalue weighted by Crippen LogP contribution is 2.42. The number of thioether (sulfide) groups is 1. The fourth-order valence-corrected chi connectivity index (χ4v) is 3.95. The first-order chi connectivity index (χ1) is 8.24. The first-order valence-electron chi connectivity index (χ1n) is 6.79. The van der Waals surface area contributed by atoms with Crippen molar-refractivity contribution >= 4 is 17.7 Å². The summed E-state index contributed by atoms with van der Waals surface area (Å²) in [6.45, 7) is 1.54. The molecule has 17 heavy (non-hydrogen) atoms. The number of carbonyl (C=O) groups is 1. The molecule has 0 aromatic heterocycles. The summed E-state index contributed by atoms with van der Waals surface area (Å²) in [6, 6.07) is 0. The molecule has 1 saturated heterocycles. The van der Waals surface area contributed by atoms with Gasteiger partial charge in [-0.05, 0) is 55.1 Å². The van der Waals surface area contributed by atoms with Crippen LogP contribution in [0.1, 0.15) is 38.5 Å². The van der Waals surface area contributed by atoms with E-state index in [4.69, 9.17) is 5.73 Å². The van der Waals surface area contributed by atoms with Crippen LogP contribution in [0.15, 0.2) is 0 Å². The van der Waals surface area contributed by atoms with E-state index in [0.717, 1.165) is 19.4 Å². The maximum Gasteiger partial charge on any atom is 0.220 e. The Morgan fingerprint density at radius 3 is 2.59 bits per heavy atom. The molecule has 0 aromatic carbocycles. The van der Waals surface area contributed by atoms with Gasteiger partial charge in [-0.3, -0.25) is 4.79 Å². The normalized spacial score (nSPS) is 24.1. The summed E-state index contributed by atoms with van der Waals surface area (Å²) in [4.78, 5) is 11.9. The van der Waals surface area contributed by atoms with Crippen molar-refractivity contribution in [2.45, 2.75) is 38.5 Å². The Hall–Kier alpha value is -0.220. The predicted octanol–water partition coefficient (Wildman–Crippen LogP) is 1.76. The van der Waals surface area contributed by atoms with Crippen molar-refractivity contribution in [2.24, 2.45) is 17.1 Å². The molecule has 0 bridgehead atoms. The van der Waals surface area contributed by atoms with Crippen LogP contribution in [0.5, 0.6) is 0 Å². The maximum atomic E-state index is 11.9. The van der Waals surface area contributed by atoms with E-state index in [1.807, 2.05) is 11.8 Å². The summed E-state index contributed by atoms with van der Waals surface area (Å²) < 4.78 is 0. The van der Waals surface area contributed by atoms with Crippen molar-refractivity contribution in [3.63, 3.8) is 0 Å². The van der Waals surface area contributed by atoms with Gasteiger partial charge in [0.25, 0.3) is 0 Å². The Morgan fingerprint density at radius 1 is 1.35 bits per heavy atom. The second-order valence-electron chi connectivity index (χ2n) is 5.59. The molecule has 0 unspecified atom stereocenters. The molecule has 1 amide bonds. The maximum absolute atomic E-state index is 11.9. The lowest BCUT2D eigenvalue weighted by Crippen LogP contribution is -2.42. The van der Waals surface area contributed by atoms with Crippen LogP contribution in [0.3, 0.4) is 0 Å². The first-order valence-corrected chi connectivity index (χ1v) is 7.94. The van der Waals surface area contributed by atoms with Crippen LogP contribution in [-0.2, 0) is 4.79 Å². The molecule has 98 valence electrons. The first kappa shape index (κ1) is 13.2. The number of rotatable bonds is 5. The molecule has 1 aliphatic carbocycles. The molecule has 2 aliphatic rings. The van der Waals surface area contributed by atoms with Crippen LogP contribution in [0.25, 0.3) is 0 Å². The van der Waals surface area contributed by atoms with Crippen molar-refractivity contribution in [3.8, 4) is 0 Å². The number of carbonyl (C=O) groups excluding carboxylic acids is 1. The fourth-order valence-electron chi connectivity index (χ4n) is 2.74. The van der Waals surface area contributed by atoms with Crippen molar-refractivity contribution in [1.29, 1.82) is 0 Å². The van der Waals surface area contributed by atoms with Crippen molar-refractivity contribution < 1.29 is 4.79 Å². The Labute approximate surface area is 108 Å². The molecule has 3 nitrogen and oxygen atoms in total. The molecule has 0 radical (unpaired) electrons. The van der Waals surface area contributed by atoms with E-state index in [9.17, 15) is 4.79 Å². The summed E-state index contributed by atoms with van der Waals surface area (Å²) >= 11 is 2.03. The van der Waals surface area contributed by atoms with Crippen molar-refractivity contribution in [1.82, 2.24) is 5.32 Å². The second-order valence-corrected chi connectivity index (χ2v) is 6.82. The third-order valence-electron chi connectivity index (χ3n) is 4.31. The minimum atomic E-state index is 0.145. The summed E-state index contributed by atoms with van der Waals surface area (Å²) in [5, 5.41) is 3.11. The number of nitrogens with two attached hydrogens (primary N) is 1. The van der Waals surface area contributed by atoms with E-state index >= 15 is 0 Å². The molecular formula is C13H24N2OS. The SMILES string of the molecule is NCC1(CC(=O)NCC2CCSCC2)CCC1. The third-order valence-corrected chi connectivity index (χ3v) is 5.36. The number of amides is 1. The molecule has 0 spiro atoms. The summed E-state index contributed by atoms with van der Waals surface area (Å²) in [5.41, 5.74) is 5.92. The Kier molecular flexibility index (Phi) is 4.74. The molecule has 1 aliphatic heterocycles. The van der Waals surface area contributed by atoms with Gasteiger partial charge in [-0.2, -0.15) is 11.8 Å². The topological polar surface area (TPSA) is 55.1 Å². The third kappa shape index (κ3) is 3.62. The number of hydrogen-bond acceptors (Lipinski definition) is 3. The average Bonchev–Trinajstić information content (AvgIpc) is 2.33. The van der Waals surface area contributed by atoms with Crippen LogP contribution in [-0.4, -0.2) is 30.5 Å².